The lowest BCUT2D eigenvalue weighted by Gasteiger charge is -2.49. The minimum Gasteiger partial charge on any atom is -0.355 e. The van der Waals surface area contributed by atoms with Crippen LogP contribution in [0.15, 0.2) is 30.5 Å². The lowest BCUT2D eigenvalue weighted by molar-refractivity contribution is -0.123. The smallest absolute Gasteiger partial charge is 0.222 e. The van der Waals surface area contributed by atoms with Gasteiger partial charge in [-0.3, -0.25) is 14.7 Å². The number of nitrogens with one attached hydrogen (secondary N) is 2. The fraction of sp³-hybridized carbons (Fsp3) is 0.444. The molecule has 5 heteroatoms. The van der Waals surface area contributed by atoms with Crippen molar-refractivity contribution in [1.29, 1.82) is 0 Å². The second-order valence-electron chi connectivity index (χ2n) is 6.82. The number of pyridine rings is 1. The number of fused-ring (bicyclic) bond motifs is 1. The molecular formula is C18H22N4O. The summed E-state index contributed by atoms with van der Waals surface area (Å²) in [6.07, 6.45) is 2.55. The van der Waals surface area contributed by atoms with E-state index >= 15 is 0 Å². The third-order valence-electron chi connectivity index (χ3n) is 5.04. The van der Waals surface area contributed by atoms with E-state index in [0.29, 0.717) is 6.42 Å². The predicted molar refractivity (Wildman–Crippen MR) is 90.1 cm³/mol. The summed E-state index contributed by atoms with van der Waals surface area (Å²) in [6.45, 7) is 6.34. The fourth-order valence-electron chi connectivity index (χ4n) is 3.65. The lowest BCUT2D eigenvalue weighted by Crippen LogP contribution is -2.69. The molecule has 1 aromatic heterocycles. The largest absolute Gasteiger partial charge is 0.355 e. The van der Waals surface area contributed by atoms with Gasteiger partial charge in [-0.05, 0) is 30.7 Å². The van der Waals surface area contributed by atoms with Gasteiger partial charge in [0, 0.05) is 50.7 Å². The van der Waals surface area contributed by atoms with Gasteiger partial charge < -0.3 is 10.6 Å². The maximum atomic E-state index is 11.9. The van der Waals surface area contributed by atoms with Gasteiger partial charge in [0.05, 0.1) is 11.1 Å². The summed E-state index contributed by atoms with van der Waals surface area (Å²) in [7, 11) is 0. The molecule has 0 saturated carbocycles. The zero-order chi connectivity index (χ0) is 15.9. The third kappa shape index (κ3) is 2.71. The second kappa shape index (κ2) is 5.58. The molecule has 0 radical (unpaired) electrons. The number of hydrogen-bond donors (Lipinski definition) is 2. The average molecular weight is 310 g/mol. The molecule has 2 N–H and O–H groups in total. The summed E-state index contributed by atoms with van der Waals surface area (Å²) in [6, 6.07) is 8.58. The number of aryl methyl sites for hydroxylation is 1. The summed E-state index contributed by atoms with van der Waals surface area (Å²) in [5.41, 5.74) is 3.47. The number of benzene rings is 1. The van der Waals surface area contributed by atoms with E-state index in [1.807, 2.05) is 6.20 Å². The van der Waals surface area contributed by atoms with Crippen molar-refractivity contribution < 1.29 is 4.79 Å². The molecular weight excluding hydrogens is 288 g/mol. The van der Waals surface area contributed by atoms with Crippen molar-refractivity contribution in [2.45, 2.75) is 25.4 Å². The van der Waals surface area contributed by atoms with Crippen LogP contribution in [0.4, 0.5) is 0 Å². The molecule has 1 spiro atoms. The van der Waals surface area contributed by atoms with Gasteiger partial charge in [0.15, 0.2) is 0 Å². The molecule has 4 rings (SSSR count). The summed E-state index contributed by atoms with van der Waals surface area (Å²) in [4.78, 5) is 19.0. The van der Waals surface area contributed by atoms with Gasteiger partial charge in [-0.15, -0.1) is 0 Å². The molecule has 1 amide bonds. The van der Waals surface area contributed by atoms with Gasteiger partial charge in [0.2, 0.25) is 5.91 Å². The Hall–Kier alpha value is -1.98. The van der Waals surface area contributed by atoms with Crippen molar-refractivity contribution in [3.63, 3.8) is 0 Å². The number of aromatic nitrogens is 1. The van der Waals surface area contributed by atoms with Crippen LogP contribution in [0.1, 0.15) is 17.5 Å². The highest BCUT2D eigenvalue weighted by Crippen LogP contribution is 2.28. The molecule has 0 atom stereocenters. The first kappa shape index (κ1) is 14.6. The highest BCUT2D eigenvalue weighted by Gasteiger charge is 2.45. The maximum absolute atomic E-state index is 11.9. The van der Waals surface area contributed by atoms with Crippen LogP contribution in [-0.2, 0) is 11.3 Å². The van der Waals surface area contributed by atoms with Crippen LogP contribution < -0.4 is 10.6 Å². The van der Waals surface area contributed by atoms with Gasteiger partial charge in [-0.25, -0.2) is 0 Å². The van der Waals surface area contributed by atoms with E-state index in [2.05, 4.69) is 51.7 Å². The van der Waals surface area contributed by atoms with Gasteiger partial charge in [0.1, 0.15) is 0 Å². The molecule has 3 heterocycles. The van der Waals surface area contributed by atoms with Gasteiger partial charge in [-0.1, -0.05) is 11.6 Å². The molecule has 2 aromatic rings. The molecule has 120 valence electrons. The van der Waals surface area contributed by atoms with Crippen molar-refractivity contribution in [3.05, 3.63) is 41.6 Å². The van der Waals surface area contributed by atoms with Crippen LogP contribution in [0.2, 0.25) is 0 Å². The Bertz CT molecular complexity index is 754. The molecule has 2 aliphatic heterocycles. The van der Waals surface area contributed by atoms with E-state index in [-0.39, 0.29) is 11.4 Å². The zero-order valence-electron chi connectivity index (χ0n) is 13.4. The molecule has 2 aliphatic rings. The summed E-state index contributed by atoms with van der Waals surface area (Å²) < 4.78 is 0. The average Bonchev–Trinajstić information content (AvgIpc) is 2.66. The van der Waals surface area contributed by atoms with Crippen molar-refractivity contribution in [2.24, 2.45) is 0 Å². The number of hydrogen-bond acceptors (Lipinski definition) is 4. The van der Waals surface area contributed by atoms with Gasteiger partial charge in [0.25, 0.3) is 0 Å². The Morgan fingerprint density at radius 2 is 2.17 bits per heavy atom. The van der Waals surface area contributed by atoms with Crippen LogP contribution in [0.25, 0.3) is 10.9 Å². The van der Waals surface area contributed by atoms with Crippen LogP contribution in [0.5, 0.6) is 0 Å². The van der Waals surface area contributed by atoms with Gasteiger partial charge in [-0.2, -0.15) is 0 Å². The third-order valence-corrected chi connectivity index (χ3v) is 5.04. The number of amides is 1. The fourth-order valence-corrected chi connectivity index (χ4v) is 3.65. The zero-order valence-corrected chi connectivity index (χ0v) is 13.4. The minimum atomic E-state index is -0.0256. The van der Waals surface area contributed by atoms with Crippen LogP contribution >= 0.6 is 0 Å². The molecule has 0 aliphatic carbocycles. The number of rotatable bonds is 2. The van der Waals surface area contributed by atoms with E-state index in [0.717, 1.165) is 38.2 Å². The molecule has 2 fully saturated rings. The first-order chi connectivity index (χ1) is 11.1. The quantitative estimate of drug-likeness (QED) is 0.875. The minimum absolute atomic E-state index is 0.0256. The molecule has 5 nitrogen and oxygen atoms in total. The van der Waals surface area contributed by atoms with E-state index in [1.165, 1.54) is 16.5 Å². The summed E-state index contributed by atoms with van der Waals surface area (Å²) in [5, 5.41) is 7.52. The molecule has 23 heavy (non-hydrogen) atoms. The van der Waals surface area contributed by atoms with Crippen molar-refractivity contribution in [2.75, 3.05) is 26.2 Å². The Morgan fingerprint density at radius 3 is 2.96 bits per heavy atom. The highest BCUT2D eigenvalue weighted by atomic mass is 16.1. The summed E-state index contributed by atoms with van der Waals surface area (Å²) in [5.74, 6) is 0.168. The van der Waals surface area contributed by atoms with Crippen molar-refractivity contribution >= 4 is 16.8 Å². The molecule has 0 bridgehead atoms. The van der Waals surface area contributed by atoms with Crippen molar-refractivity contribution in [3.8, 4) is 0 Å². The topological polar surface area (TPSA) is 57.3 Å². The molecule has 0 unspecified atom stereocenters. The Balaban J connectivity index is 1.62. The van der Waals surface area contributed by atoms with E-state index in [1.54, 1.807) is 0 Å². The van der Waals surface area contributed by atoms with Crippen LogP contribution in [-0.4, -0.2) is 47.5 Å². The molecule has 2 saturated heterocycles. The number of carbonyl (C=O) groups is 1. The Kier molecular flexibility index (Phi) is 3.54. The monoisotopic (exact) mass is 310 g/mol. The predicted octanol–water partition coefficient (Wildman–Crippen LogP) is 1.21. The standard InChI is InChI=1S/C18H22N4O/c1-13-2-3-16-15(6-13)7-14(9-21-16)10-22-5-4-20-17(23)8-18(22)11-19-12-18/h2-3,6-7,9,19H,4-5,8,10-12H2,1H3,(H,20,23). The van der Waals surface area contributed by atoms with E-state index in [4.69, 9.17) is 0 Å². The van der Waals surface area contributed by atoms with Crippen LogP contribution in [0, 0.1) is 6.92 Å². The lowest BCUT2D eigenvalue weighted by atomic mass is 9.86. The first-order valence-electron chi connectivity index (χ1n) is 8.22. The van der Waals surface area contributed by atoms with Gasteiger partial charge >= 0.3 is 0 Å². The normalized spacial score (nSPS) is 21.0. The van der Waals surface area contributed by atoms with Crippen molar-refractivity contribution in [1.82, 2.24) is 20.5 Å². The van der Waals surface area contributed by atoms with E-state index < -0.39 is 0 Å². The second-order valence-corrected chi connectivity index (χ2v) is 6.82. The SMILES string of the molecule is Cc1ccc2ncc(CN3CCNC(=O)CC34CNC4)cc2c1. The summed E-state index contributed by atoms with van der Waals surface area (Å²) >= 11 is 0. The Labute approximate surface area is 136 Å². The molecule has 1 aromatic carbocycles. The first-order valence-corrected chi connectivity index (χ1v) is 8.22. The Morgan fingerprint density at radius 1 is 1.30 bits per heavy atom. The number of carbonyl (C=O) groups excluding carboxylic acids is 1. The highest BCUT2D eigenvalue weighted by molar-refractivity contribution is 5.80. The van der Waals surface area contributed by atoms with Crippen LogP contribution in [0.3, 0.4) is 0 Å². The number of nitrogens with zero attached hydrogens (tertiary/aromatic N) is 2. The van der Waals surface area contributed by atoms with E-state index in [9.17, 15) is 4.79 Å². The maximum Gasteiger partial charge on any atom is 0.222 e.